The Morgan fingerprint density at radius 3 is 2.75 bits per heavy atom. The van der Waals surface area contributed by atoms with Crippen LogP contribution in [-0.4, -0.2) is 37.6 Å². The summed E-state index contributed by atoms with van der Waals surface area (Å²) in [5.41, 5.74) is -0.934. The van der Waals surface area contributed by atoms with Crippen LogP contribution < -0.4 is 15.4 Å². The SMILES string of the molecule is CNCC(=O)NCCOc1ncccc1C(F)(F)F.Cl. The first-order valence-electron chi connectivity index (χ1n) is 5.51. The number of pyridine rings is 1. The van der Waals surface area contributed by atoms with Crippen LogP contribution in [0.1, 0.15) is 5.56 Å². The topological polar surface area (TPSA) is 63.2 Å². The number of nitrogens with zero attached hydrogens (tertiary/aromatic N) is 1. The molecule has 1 aromatic rings. The number of hydrogen-bond donors (Lipinski definition) is 2. The molecule has 0 aromatic carbocycles. The van der Waals surface area contributed by atoms with Crippen molar-refractivity contribution in [2.75, 3.05) is 26.7 Å². The van der Waals surface area contributed by atoms with Crippen molar-refractivity contribution in [3.05, 3.63) is 23.9 Å². The van der Waals surface area contributed by atoms with Gasteiger partial charge in [0.15, 0.2) is 0 Å². The molecule has 0 saturated carbocycles. The number of hydrogen-bond acceptors (Lipinski definition) is 4. The summed E-state index contributed by atoms with van der Waals surface area (Å²) < 4.78 is 42.7. The van der Waals surface area contributed by atoms with Crippen molar-refractivity contribution >= 4 is 18.3 Å². The fraction of sp³-hybridized carbons (Fsp3) is 0.455. The van der Waals surface area contributed by atoms with Crippen LogP contribution in [0, 0.1) is 0 Å². The average molecular weight is 314 g/mol. The van der Waals surface area contributed by atoms with E-state index in [1.807, 2.05) is 0 Å². The zero-order valence-electron chi connectivity index (χ0n) is 10.7. The maximum Gasteiger partial charge on any atom is 0.421 e. The lowest BCUT2D eigenvalue weighted by molar-refractivity contribution is -0.139. The highest BCUT2D eigenvalue weighted by molar-refractivity contribution is 5.85. The lowest BCUT2D eigenvalue weighted by Gasteiger charge is -2.12. The van der Waals surface area contributed by atoms with Crippen LogP contribution in [-0.2, 0) is 11.0 Å². The largest absolute Gasteiger partial charge is 0.475 e. The van der Waals surface area contributed by atoms with Gasteiger partial charge >= 0.3 is 6.18 Å². The molecule has 5 nitrogen and oxygen atoms in total. The van der Waals surface area contributed by atoms with E-state index in [4.69, 9.17) is 4.74 Å². The van der Waals surface area contributed by atoms with Crippen LogP contribution in [0.15, 0.2) is 18.3 Å². The Labute approximate surface area is 120 Å². The number of carbonyl (C=O) groups excluding carboxylic acids is 1. The molecule has 9 heteroatoms. The Bertz CT molecular complexity index is 430. The van der Waals surface area contributed by atoms with E-state index in [1.165, 1.54) is 12.3 Å². The van der Waals surface area contributed by atoms with E-state index in [0.717, 1.165) is 6.07 Å². The molecule has 20 heavy (non-hydrogen) atoms. The van der Waals surface area contributed by atoms with E-state index in [2.05, 4.69) is 15.6 Å². The molecule has 0 spiro atoms. The molecule has 1 rings (SSSR count). The minimum Gasteiger partial charge on any atom is -0.475 e. The quantitative estimate of drug-likeness (QED) is 0.776. The zero-order chi connectivity index (χ0) is 14.3. The lowest BCUT2D eigenvalue weighted by Crippen LogP contribution is -2.34. The van der Waals surface area contributed by atoms with Gasteiger partial charge in [0, 0.05) is 6.20 Å². The second kappa shape index (κ2) is 8.60. The normalized spacial score (nSPS) is 10.6. The molecule has 0 unspecified atom stereocenters. The van der Waals surface area contributed by atoms with E-state index >= 15 is 0 Å². The molecule has 1 aromatic heterocycles. The molecule has 1 amide bonds. The number of halogens is 4. The first-order chi connectivity index (χ1) is 8.95. The molecule has 0 bridgehead atoms. The standard InChI is InChI=1S/C11H14F3N3O2.ClH/c1-15-7-9(18)16-5-6-19-10-8(11(12,13)14)3-2-4-17-10;/h2-4,15H,5-7H2,1H3,(H,16,18);1H. The summed E-state index contributed by atoms with van der Waals surface area (Å²) in [6.45, 7) is 0.154. The second-order valence-electron chi connectivity index (χ2n) is 3.58. The number of alkyl halides is 3. The third-order valence-corrected chi connectivity index (χ3v) is 2.08. The highest BCUT2D eigenvalue weighted by Crippen LogP contribution is 2.34. The van der Waals surface area contributed by atoms with Gasteiger partial charge in [-0.1, -0.05) is 0 Å². The van der Waals surface area contributed by atoms with Crippen molar-refractivity contribution in [2.45, 2.75) is 6.18 Å². The molecule has 114 valence electrons. The van der Waals surface area contributed by atoms with Crippen molar-refractivity contribution in [3.8, 4) is 5.88 Å². The van der Waals surface area contributed by atoms with Crippen LogP contribution in [0.4, 0.5) is 13.2 Å². The van der Waals surface area contributed by atoms with Crippen molar-refractivity contribution in [2.24, 2.45) is 0 Å². The van der Waals surface area contributed by atoms with Crippen molar-refractivity contribution in [3.63, 3.8) is 0 Å². The summed E-state index contributed by atoms with van der Waals surface area (Å²) in [4.78, 5) is 14.6. The number of aromatic nitrogens is 1. The predicted octanol–water partition coefficient (Wildman–Crippen LogP) is 1.24. The molecule has 2 N–H and O–H groups in total. The minimum absolute atomic E-state index is 0. The fourth-order valence-corrected chi connectivity index (χ4v) is 1.28. The number of amides is 1. The molecule has 0 fully saturated rings. The summed E-state index contributed by atoms with van der Waals surface area (Å²) in [6, 6.07) is 2.08. The summed E-state index contributed by atoms with van der Waals surface area (Å²) in [7, 11) is 1.61. The number of carbonyl (C=O) groups is 1. The Balaban J connectivity index is 0.00000361. The van der Waals surface area contributed by atoms with Gasteiger partial charge in [0.05, 0.1) is 13.1 Å². The molecule has 0 aliphatic carbocycles. The first-order valence-corrected chi connectivity index (χ1v) is 5.51. The van der Waals surface area contributed by atoms with Gasteiger partial charge in [-0.15, -0.1) is 12.4 Å². The minimum atomic E-state index is -4.51. The van der Waals surface area contributed by atoms with Gasteiger partial charge in [-0.3, -0.25) is 4.79 Å². The van der Waals surface area contributed by atoms with Gasteiger partial charge in [0.25, 0.3) is 0 Å². The Kier molecular flexibility index (Phi) is 7.93. The molecular formula is C11H15ClF3N3O2. The third-order valence-electron chi connectivity index (χ3n) is 2.08. The molecule has 0 saturated heterocycles. The molecule has 0 atom stereocenters. The van der Waals surface area contributed by atoms with Crippen molar-refractivity contribution in [1.82, 2.24) is 15.6 Å². The maximum absolute atomic E-state index is 12.6. The molecule has 0 radical (unpaired) electrons. The second-order valence-corrected chi connectivity index (χ2v) is 3.58. The monoisotopic (exact) mass is 313 g/mol. The predicted molar refractivity (Wildman–Crippen MR) is 68.9 cm³/mol. The van der Waals surface area contributed by atoms with E-state index in [9.17, 15) is 18.0 Å². The first kappa shape index (κ1) is 18.5. The van der Waals surface area contributed by atoms with Crippen LogP contribution in [0.25, 0.3) is 0 Å². The summed E-state index contributed by atoms with van der Waals surface area (Å²) >= 11 is 0. The van der Waals surface area contributed by atoms with E-state index in [0.29, 0.717) is 0 Å². The Morgan fingerprint density at radius 1 is 1.45 bits per heavy atom. The number of likely N-dealkylation sites (N-methyl/N-ethyl adjacent to an activating group) is 1. The Hall–Kier alpha value is -1.54. The highest BCUT2D eigenvalue weighted by atomic mass is 35.5. The Morgan fingerprint density at radius 2 is 2.15 bits per heavy atom. The van der Waals surface area contributed by atoms with Gasteiger partial charge < -0.3 is 15.4 Å². The molecular weight excluding hydrogens is 299 g/mol. The summed E-state index contributed by atoms with van der Waals surface area (Å²) in [6.07, 6.45) is -3.30. The van der Waals surface area contributed by atoms with Gasteiger partial charge in [0.1, 0.15) is 12.2 Å². The van der Waals surface area contributed by atoms with E-state index < -0.39 is 17.6 Å². The van der Waals surface area contributed by atoms with Crippen molar-refractivity contribution in [1.29, 1.82) is 0 Å². The van der Waals surface area contributed by atoms with Crippen LogP contribution in [0.3, 0.4) is 0 Å². The zero-order valence-corrected chi connectivity index (χ0v) is 11.5. The maximum atomic E-state index is 12.6. The van der Waals surface area contributed by atoms with Gasteiger partial charge in [-0.05, 0) is 19.2 Å². The number of ether oxygens (including phenoxy) is 1. The van der Waals surface area contributed by atoms with E-state index in [-0.39, 0.29) is 38.0 Å². The van der Waals surface area contributed by atoms with Gasteiger partial charge in [-0.25, -0.2) is 4.98 Å². The van der Waals surface area contributed by atoms with Crippen molar-refractivity contribution < 1.29 is 22.7 Å². The third kappa shape index (κ3) is 6.07. The van der Waals surface area contributed by atoms with Crippen LogP contribution >= 0.6 is 12.4 Å². The van der Waals surface area contributed by atoms with Crippen LogP contribution in [0.5, 0.6) is 5.88 Å². The summed E-state index contributed by atoms with van der Waals surface area (Å²) in [5, 5.41) is 5.12. The van der Waals surface area contributed by atoms with E-state index in [1.54, 1.807) is 7.05 Å². The average Bonchev–Trinajstić information content (AvgIpc) is 2.34. The van der Waals surface area contributed by atoms with Gasteiger partial charge in [0.2, 0.25) is 11.8 Å². The highest BCUT2D eigenvalue weighted by Gasteiger charge is 2.34. The lowest BCUT2D eigenvalue weighted by atomic mass is 10.2. The molecule has 1 heterocycles. The smallest absolute Gasteiger partial charge is 0.421 e. The van der Waals surface area contributed by atoms with Gasteiger partial charge in [-0.2, -0.15) is 13.2 Å². The van der Waals surface area contributed by atoms with Crippen LogP contribution in [0.2, 0.25) is 0 Å². The fourth-order valence-electron chi connectivity index (χ4n) is 1.28. The molecule has 0 aliphatic rings. The summed E-state index contributed by atoms with van der Waals surface area (Å²) in [5.74, 6) is -0.749. The number of rotatable bonds is 6. The molecule has 0 aliphatic heterocycles. The number of nitrogens with one attached hydrogen (secondary N) is 2.